The first-order valence-corrected chi connectivity index (χ1v) is 12.3. The maximum atomic E-state index is 12.6. The van der Waals surface area contributed by atoms with Crippen LogP contribution < -0.4 is 4.74 Å². The number of para-hydroxylation sites is 1. The van der Waals surface area contributed by atoms with E-state index in [0.29, 0.717) is 0 Å². The fourth-order valence-electron chi connectivity index (χ4n) is 2.59. The number of hydrogen-bond donors (Lipinski definition) is 0. The van der Waals surface area contributed by atoms with E-state index in [2.05, 4.69) is 0 Å². The molecule has 0 amide bonds. The van der Waals surface area contributed by atoms with E-state index in [0.717, 1.165) is 0 Å². The summed E-state index contributed by atoms with van der Waals surface area (Å²) in [6.07, 6.45) is -2.02. The van der Waals surface area contributed by atoms with Crippen LogP contribution in [-0.4, -0.2) is 35.5 Å². The van der Waals surface area contributed by atoms with E-state index < -0.39 is 38.9 Å². The molecule has 3 aromatic rings. The van der Waals surface area contributed by atoms with Gasteiger partial charge < -0.3 is 4.74 Å². The summed E-state index contributed by atoms with van der Waals surface area (Å²) in [5.74, 6) is -0.822. The van der Waals surface area contributed by atoms with Crippen molar-refractivity contribution in [2.45, 2.75) is 22.3 Å². The summed E-state index contributed by atoms with van der Waals surface area (Å²) >= 11 is 0. The van der Waals surface area contributed by atoms with Crippen molar-refractivity contribution in [2.24, 2.45) is 0 Å². The van der Waals surface area contributed by atoms with Crippen LogP contribution in [0.2, 0.25) is 0 Å². The van der Waals surface area contributed by atoms with Crippen LogP contribution in [0.1, 0.15) is 6.42 Å². The smallest absolute Gasteiger partial charge is 0.342 e. The van der Waals surface area contributed by atoms with Crippen LogP contribution in [0, 0.1) is 0 Å². The lowest BCUT2D eigenvalue weighted by Crippen LogP contribution is -2.32. The van der Waals surface area contributed by atoms with Gasteiger partial charge in [-0.05, 0) is 36.4 Å². The first-order chi connectivity index (χ1) is 15.3. The van der Waals surface area contributed by atoms with Gasteiger partial charge in [0.15, 0.2) is 6.10 Å². The molecule has 0 saturated carbocycles. The maximum absolute atomic E-state index is 12.6. The molecule has 0 aromatic heterocycles. The zero-order chi connectivity index (χ0) is 23.0. The van der Waals surface area contributed by atoms with Crippen molar-refractivity contribution < 1.29 is 34.7 Å². The van der Waals surface area contributed by atoms with Crippen molar-refractivity contribution in [1.29, 1.82) is 0 Å². The van der Waals surface area contributed by atoms with E-state index >= 15 is 0 Å². The highest BCUT2D eigenvalue weighted by Crippen LogP contribution is 2.19. The van der Waals surface area contributed by atoms with E-state index in [1.807, 2.05) is 0 Å². The Hall–Kier alpha value is -3.05. The number of carbonyl (C=O) groups excluding carboxylic acids is 1. The molecule has 0 heterocycles. The molecule has 1 unspecified atom stereocenters. The summed E-state index contributed by atoms with van der Waals surface area (Å²) in [7, 11) is -8.41. The van der Waals surface area contributed by atoms with E-state index in [1.54, 1.807) is 30.3 Å². The minimum Gasteiger partial charge on any atom is -0.425 e. The standard InChI is InChI=1S/C22H20O8S2/c23-22(29-18-10-4-1-5-11-18)21(30-32(26,27)20-14-8-3-9-15-20)16-17-28-31(24,25)19-12-6-2-7-13-19/h1-15,21H,16-17H2. The Morgan fingerprint density at radius 3 is 1.69 bits per heavy atom. The van der Waals surface area contributed by atoms with Crippen LogP contribution in [0.15, 0.2) is 101 Å². The molecular formula is C22H20O8S2. The van der Waals surface area contributed by atoms with Gasteiger partial charge in [0.2, 0.25) is 0 Å². The number of carbonyl (C=O) groups is 1. The molecule has 0 N–H and O–H groups in total. The molecule has 1 atom stereocenters. The second-order valence-electron chi connectivity index (χ2n) is 6.46. The molecule has 0 bridgehead atoms. The topological polar surface area (TPSA) is 113 Å². The van der Waals surface area contributed by atoms with Crippen LogP contribution in [-0.2, 0) is 33.4 Å². The summed E-state index contributed by atoms with van der Waals surface area (Å²) < 4.78 is 65.0. The van der Waals surface area contributed by atoms with Gasteiger partial charge in [0.05, 0.1) is 16.4 Å². The van der Waals surface area contributed by atoms with Gasteiger partial charge in [0.25, 0.3) is 20.2 Å². The zero-order valence-electron chi connectivity index (χ0n) is 16.7. The molecule has 0 radical (unpaired) electrons. The second kappa shape index (κ2) is 10.5. The monoisotopic (exact) mass is 476 g/mol. The minimum atomic E-state index is -4.32. The Morgan fingerprint density at radius 1 is 0.688 bits per heavy atom. The third-order valence-electron chi connectivity index (χ3n) is 4.15. The van der Waals surface area contributed by atoms with Crippen molar-refractivity contribution in [3.05, 3.63) is 91.0 Å². The molecule has 0 aliphatic rings. The molecule has 8 nitrogen and oxygen atoms in total. The van der Waals surface area contributed by atoms with Gasteiger partial charge in [-0.1, -0.05) is 54.6 Å². The largest absolute Gasteiger partial charge is 0.425 e. The molecule has 3 rings (SSSR count). The average Bonchev–Trinajstić information content (AvgIpc) is 2.80. The van der Waals surface area contributed by atoms with Gasteiger partial charge in [-0.25, -0.2) is 4.79 Å². The molecule has 3 aromatic carbocycles. The number of ether oxygens (including phenoxy) is 1. The third kappa shape index (κ3) is 6.47. The Bertz CT molecular complexity index is 1230. The first kappa shape index (κ1) is 23.6. The molecule has 0 aliphatic heterocycles. The lowest BCUT2D eigenvalue weighted by atomic mass is 10.2. The Kier molecular flexibility index (Phi) is 7.75. The Balaban J connectivity index is 1.75. The fraction of sp³-hybridized carbons (Fsp3) is 0.136. The first-order valence-electron chi connectivity index (χ1n) is 9.47. The summed E-state index contributed by atoms with van der Waals surface area (Å²) in [5.41, 5.74) is 0. The van der Waals surface area contributed by atoms with Gasteiger partial charge in [0, 0.05) is 6.42 Å². The average molecular weight is 477 g/mol. The van der Waals surface area contributed by atoms with Crippen LogP contribution in [0.4, 0.5) is 0 Å². The predicted octanol–water partition coefficient (Wildman–Crippen LogP) is 3.16. The maximum Gasteiger partial charge on any atom is 0.342 e. The van der Waals surface area contributed by atoms with Crippen molar-refractivity contribution in [1.82, 2.24) is 0 Å². The summed E-state index contributed by atoms with van der Waals surface area (Å²) in [6.45, 7) is -0.504. The van der Waals surface area contributed by atoms with Gasteiger partial charge >= 0.3 is 5.97 Å². The van der Waals surface area contributed by atoms with E-state index in [9.17, 15) is 21.6 Å². The summed E-state index contributed by atoms with van der Waals surface area (Å²) in [6, 6.07) is 22.7. The molecule has 32 heavy (non-hydrogen) atoms. The molecule has 0 fully saturated rings. The fourth-order valence-corrected chi connectivity index (χ4v) is 4.62. The van der Waals surface area contributed by atoms with Crippen molar-refractivity contribution in [2.75, 3.05) is 6.61 Å². The van der Waals surface area contributed by atoms with Crippen molar-refractivity contribution in [3.63, 3.8) is 0 Å². The van der Waals surface area contributed by atoms with Gasteiger partial charge in [0.1, 0.15) is 5.75 Å². The molecular weight excluding hydrogens is 456 g/mol. The number of rotatable bonds is 10. The number of benzene rings is 3. The van der Waals surface area contributed by atoms with Crippen LogP contribution in [0.3, 0.4) is 0 Å². The predicted molar refractivity (Wildman–Crippen MR) is 115 cm³/mol. The highest BCUT2D eigenvalue weighted by molar-refractivity contribution is 7.87. The third-order valence-corrected chi connectivity index (χ3v) is 6.81. The van der Waals surface area contributed by atoms with Gasteiger partial charge in [-0.3, -0.25) is 8.37 Å². The highest BCUT2D eigenvalue weighted by Gasteiger charge is 2.30. The molecule has 0 aliphatic carbocycles. The van der Waals surface area contributed by atoms with Gasteiger partial charge in [-0.2, -0.15) is 16.8 Å². The second-order valence-corrected chi connectivity index (χ2v) is 9.65. The summed E-state index contributed by atoms with van der Waals surface area (Å²) in [5, 5.41) is 0. The van der Waals surface area contributed by atoms with Crippen molar-refractivity contribution >= 4 is 26.2 Å². The minimum absolute atomic E-state index is 0.0683. The molecule has 0 spiro atoms. The molecule has 0 saturated heterocycles. The Morgan fingerprint density at radius 2 is 1.16 bits per heavy atom. The Labute approximate surface area is 186 Å². The molecule has 168 valence electrons. The number of hydrogen-bond acceptors (Lipinski definition) is 8. The van der Waals surface area contributed by atoms with Crippen molar-refractivity contribution in [3.8, 4) is 5.75 Å². The SMILES string of the molecule is O=C(Oc1ccccc1)C(CCOS(=O)(=O)c1ccccc1)OS(=O)(=O)c1ccccc1. The van der Waals surface area contributed by atoms with Crippen LogP contribution >= 0.6 is 0 Å². The van der Waals surface area contributed by atoms with E-state index in [-0.39, 0.29) is 22.0 Å². The lowest BCUT2D eigenvalue weighted by Gasteiger charge is -2.16. The highest BCUT2D eigenvalue weighted by atomic mass is 32.2. The van der Waals surface area contributed by atoms with E-state index in [4.69, 9.17) is 13.1 Å². The van der Waals surface area contributed by atoms with Gasteiger partial charge in [-0.15, -0.1) is 0 Å². The summed E-state index contributed by atoms with van der Waals surface area (Å²) in [4.78, 5) is 12.4. The quantitative estimate of drug-likeness (QED) is 0.249. The van der Waals surface area contributed by atoms with Crippen LogP contribution in [0.5, 0.6) is 5.75 Å². The lowest BCUT2D eigenvalue weighted by molar-refractivity contribution is -0.142. The number of esters is 1. The van der Waals surface area contributed by atoms with E-state index in [1.165, 1.54) is 60.7 Å². The van der Waals surface area contributed by atoms with Crippen LogP contribution in [0.25, 0.3) is 0 Å². The molecule has 10 heteroatoms. The zero-order valence-corrected chi connectivity index (χ0v) is 18.4. The normalized spacial score (nSPS) is 12.8.